The third-order valence-electron chi connectivity index (χ3n) is 5.48. The van der Waals surface area contributed by atoms with Crippen LogP contribution in [0.15, 0.2) is 24.3 Å². The number of methoxy groups -OCH3 is 1. The molecule has 1 aliphatic rings. The van der Waals surface area contributed by atoms with Gasteiger partial charge in [0, 0.05) is 30.5 Å². The Kier molecular flexibility index (Phi) is 7.09. The first-order chi connectivity index (χ1) is 13.6. The highest BCUT2D eigenvalue weighted by Gasteiger charge is 2.17. The number of benzene rings is 1. The maximum Gasteiger partial charge on any atom is 0.229 e. The van der Waals surface area contributed by atoms with Crippen molar-refractivity contribution in [3.05, 3.63) is 35.5 Å². The Labute approximate surface area is 168 Å². The maximum atomic E-state index is 5.58. The monoisotopic (exact) mass is 383 g/mol. The van der Waals surface area contributed by atoms with E-state index in [1.807, 2.05) is 32.2 Å². The second kappa shape index (κ2) is 9.73. The van der Waals surface area contributed by atoms with E-state index in [2.05, 4.69) is 38.5 Å². The third kappa shape index (κ3) is 5.35. The van der Waals surface area contributed by atoms with Gasteiger partial charge in [0.15, 0.2) is 0 Å². The van der Waals surface area contributed by atoms with Gasteiger partial charge in [0.1, 0.15) is 11.6 Å². The average molecular weight is 384 g/mol. The summed E-state index contributed by atoms with van der Waals surface area (Å²) in [7, 11) is 3.60. The standard InChI is InChI=1S/C22H33N5O/c1-16-14-21(23-3)26-22(24-16)25-19-10-11-20(28-4)18(15-19)9-7-8-17(2)27-12-5-6-13-27/h10-11,14-15,17H,5-9,12-13H2,1-4H3,(H2,23,24,25,26)/t17-/m0/s1. The van der Waals surface area contributed by atoms with E-state index in [4.69, 9.17) is 4.74 Å². The molecule has 0 saturated carbocycles. The zero-order valence-electron chi connectivity index (χ0n) is 17.6. The van der Waals surface area contributed by atoms with Crippen LogP contribution >= 0.6 is 0 Å². The minimum absolute atomic E-state index is 0.600. The van der Waals surface area contributed by atoms with Gasteiger partial charge in [-0.05, 0) is 82.8 Å². The largest absolute Gasteiger partial charge is 0.496 e. The van der Waals surface area contributed by atoms with E-state index in [-0.39, 0.29) is 0 Å². The van der Waals surface area contributed by atoms with Crippen molar-refractivity contribution in [1.29, 1.82) is 0 Å². The molecule has 6 heteroatoms. The molecule has 1 atom stereocenters. The van der Waals surface area contributed by atoms with Gasteiger partial charge in [0.25, 0.3) is 0 Å². The molecule has 0 aliphatic carbocycles. The molecule has 1 aromatic carbocycles. The molecule has 1 saturated heterocycles. The van der Waals surface area contributed by atoms with Crippen molar-refractivity contribution in [3.8, 4) is 5.75 Å². The minimum atomic E-state index is 0.600. The molecule has 0 amide bonds. The smallest absolute Gasteiger partial charge is 0.229 e. The van der Waals surface area contributed by atoms with Crippen molar-refractivity contribution < 1.29 is 4.74 Å². The topological polar surface area (TPSA) is 62.3 Å². The summed E-state index contributed by atoms with van der Waals surface area (Å²) in [6.07, 6.45) is 6.08. The van der Waals surface area contributed by atoms with Crippen LogP contribution in [-0.2, 0) is 6.42 Å². The molecule has 1 aromatic heterocycles. The molecule has 28 heavy (non-hydrogen) atoms. The van der Waals surface area contributed by atoms with E-state index >= 15 is 0 Å². The van der Waals surface area contributed by atoms with Crippen molar-refractivity contribution in [2.75, 3.05) is 37.9 Å². The number of nitrogens with one attached hydrogen (secondary N) is 2. The summed E-state index contributed by atoms with van der Waals surface area (Å²) < 4.78 is 5.58. The Bertz CT molecular complexity index is 774. The number of anilines is 3. The number of rotatable bonds is 9. The van der Waals surface area contributed by atoms with Crippen molar-refractivity contribution in [3.63, 3.8) is 0 Å². The molecule has 1 fully saturated rings. The van der Waals surface area contributed by atoms with Gasteiger partial charge in [-0.25, -0.2) is 4.98 Å². The molecule has 1 aliphatic heterocycles. The minimum Gasteiger partial charge on any atom is -0.496 e. The molecule has 3 rings (SSSR count). The zero-order valence-corrected chi connectivity index (χ0v) is 17.6. The van der Waals surface area contributed by atoms with Gasteiger partial charge in [-0.3, -0.25) is 0 Å². The second-order valence-corrected chi connectivity index (χ2v) is 7.60. The number of aromatic nitrogens is 2. The molecule has 6 nitrogen and oxygen atoms in total. The van der Waals surface area contributed by atoms with E-state index in [1.165, 1.54) is 37.9 Å². The molecule has 0 unspecified atom stereocenters. The lowest BCUT2D eigenvalue weighted by atomic mass is 10.0. The highest BCUT2D eigenvalue weighted by atomic mass is 16.5. The van der Waals surface area contributed by atoms with E-state index in [0.29, 0.717) is 12.0 Å². The van der Waals surface area contributed by atoms with Crippen molar-refractivity contribution >= 4 is 17.5 Å². The Balaban J connectivity index is 1.65. The fourth-order valence-corrected chi connectivity index (χ4v) is 3.89. The fourth-order valence-electron chi connectivity index (χ4n) is 3.89. The summed E-state index contributed by atoms with van der Waals surface area (Å²) in [6, 6.07) is 8.78. The van der Waals surface area contributed by atoms with E-state index in [0.717, 1.165) is 35.8 Å². The van der Waals surface area contributed by atoms with Crippen LogP contribution in [0, 0.1) is 6.92 Å². The van der Waals surface area contributed by atoms with Crippen LogP contribution in [0.2, 0.25) is 0 Å². The van der Waals surface area contributed by atoms with Crippen molar-refractivity contribution in [1.82, 2.24) is 14.9 Å². The van der Waals surface area contributed by atoms with Crippen LogP contribution in [-0.4, -0.2) is 48.2 Å². The fraction of sp³-hybridized carbons (Fsp3) is 0.545. The zero-order chi connectivity index (χ0) is 19.9. The summed E-state index contributed by atoms with van der Waals surface area (Å²) in [5, 5.41) is 6.40. The van der Waals surface area contributed by atoms with Crippen LogP contribution in [0.4, 0.5) is 17.5 Å². The number of nitrogens with zero attached hydrogens (tertiary/aromatic N) is 3. The van der Waals surface area contributed by atoms with Crippen LogP contribution < -0.4 is 15.4 Å². The lowest BCUT2D eigenvalue weighted by molar-refractivity contribution is 0.243. The Morgan fingerprint density at radius 2 is 1.96 bits per heavy atom. The quantitative estimate of drug-likeness (QED) is 0.670. The van der Waals surface area contributed by atoms with Gasteiger partial charge >= 0.3 is 0 Å². The van der Waals surface area contributed by atoms with Gasteiger partial charge < -0.3 is 20.3 Å². The molecule has 0 radical (unpaired) electrons. The first-order valence-electron chi connectivity index (χ1n) is 10.3. The molecule has 2 aromatic rings. The van der Waals surface area contributed by atoms with Gasteiger partial charge in [0.05, 0.1) is 7.11 Å². The summed E-state index contributed by atoms with van der Waals surface area (Å²) in [4.78, 5) is 11.6. The van der Waals surface area contributed by atoms with Gasteiger partial charge in [-0.1, -0.05) is 0 Å². The highest BCUT2D eigenvalue weighted by molar-refractivity contribution is 5.58. The molecule has 0 bridgehead atoms. The predicted octanol–water partition coefficient (Wildman–Crippen LogP) is 4.39. The van der Waals surface area contributed by atoms with Crippen molar-refractivity contribution in [2.24, 2.45) is 0 Å². The number of hydrogen-bond donors (Lipinski definition) is 2. The van der Waals surface area contributed by atoms with Gasteiger partial charge in [0.2, 0.25) is 5.95 Å². The van der Waals surface area contributed by atoms with Crippen LogP contribution in [0.25, 0.3) is 0 Å². The number of aryl methyl sites for hydroxylation is 2. The molecule has 2 N–H and O–H groups in total. The summed E-state index contributed by atoms with van der Waals surface area (Å²) in [5.41, 5.74) is 3.13. The van der Waals surface area contributed by atoms with E-state index in [1.54, 1.807) is 7.11 Å². The molecular formula is C22H33N5O. The molecular weight excluding hydrogens is 350 g/mol. The number of ether oxygens (including phenoxy) is 1. The van der Waals surface area contributed by atoms with Gasteiger partial charge in [-0.2, -0.15) is 4.98 Å². The first kappa shape index (κ1) is 20.4. The van der Waals surface area contributed by atoms with E-state index in [9.17, 15) is 0 Å². The third-order valence-corrected chi connectivity index (χ3v) is 5.48. The summed E-state index contributed by atoms with van der Waals surface area (Å²) >= 11 is 0. The van der Waals surface area contributed by atoms with Crippen LogP contribution in [0.3, 0.4) is 0 Å². The number of hydrogen-bond acceptors (Lipinski definition) is 6. The summed E-state index contributed by atoms with van der Waals surface area (Å²) in [5.74, 6) is 2.35. The maximum absolute atomic E-state index is 5.58. The van der Waals surface area contributed by atoms with Gasteiger partial charge in [-0.15, -0.1) is 0 Å². The highest BCUT2D eigenvalue weighted by Crippen LogP contribution is 2.27. The van der Waals surface area contributed by atoms with E-state index < -0.39 is 0 Å². The number of likely N-dealkylation sites (tertiary alicyclic amines) is 1. The first-order valence-corrected chi connectivity index (χ1v) is 10.3. The lowest BCUT2D eigenvalue weighted by Crippen LogP contribution is -2.29. The molecule has 0 spiro atoms. The lowest BCUT2D eigenvalue weighted by Gasteiger charge is -2.23. The van der Waals surface area contributed by atoms with Crippen LogP contribution in [0.5, 0.6) is 5.75 Å². The predicted molar refractivity (Wildman–Crippen MR) is 116 cm³/mol. The SMILES string of the molecule is CNc1cc(C)nc(Nc2ccc(OC)c(CCC[C@H](C)N3CCCC3)c2)n1. The Hall–Kier alpha value is -2.34. The second-order valence-electron chi connectivity index (χ2n) is 7.60. The summed E-state index contributed by atoms with van der Waals surface area (Å²) in [6.45, 7) is 6.84. The Morgan fingerprint density at radius 3 is 2.68 bits per heavy atom. The van der Waals surface area contributed by atoms with Crippen molar-refractivity contribution in [2.45, 2.75) is 52.0 Å². The normalized spacial score (nSPS) is 15.4. The van der Waals surface area contributed by atoms with Crippen LogP contribution in [0.1, 0.15) is 43.9 Å². The average Bonchev–Trinajstić information content (AvgIpc) is 3.22. The Morgan fingerprint density at radius 1 is 1.18 bits per heavy atom. The molecule has 152 valence electrons. The molecule has 2 heterocycles.